The number of carbonyl (C=O) groups is 1. The first-order valence-electron chi connectivity index (χ1n) is 9.47. The topological polar surface area (TPSA) is 43.1 Å². The van der Waals surface area contributed by atoms with Gasteiger partial charge in [0.05, 0.1) is 17.5 Å². The van der Waals surface area contributed by atoms with E-state index in [2.05, 4.69) is 20.8 Å². The normalized spacial score (nSPS) is 21.7. The van der Waals surface area contributed by atoms with E-state index in [9.17, 15) is 4.79 Å². The third-order valence-corrected chi connectivity index (χ3v) is 7.00. The molecule has 1 unspecified atom stereocenters. The highest BCUT2D eigenvalue weighted by Gasteiger charge is 2.37. The van der Waals surface area contributed by atoms with E-state index >= 15 is 0 Å². The number of fused-ring (bicyclic) bond motifs is 4. The number of aromatic nitrogens is 1. The highest BCUT2D eigenvalue weighted by molar-refractivity contribution is 7.19. The molecule has 5 rings (SSSR count). The summed E-state index contributed by atoms with van der Waals surface area (Å²) in [6.07, 6.45) is 6.52. The summed E-state index contributed by atoms with van der Waals surface area (Å²) in [5.41, 5.74) is 4.14. The number of hydrogen-bond donors (Lipinski definition) is 0. The lowest BCUT2D eigenvalue weighted by Crippen LogP contribution is -2.28. The van der Waals surface area contributed by atoms with Gasteiger partial charge >= 0.3 is 0 Å². The van der Waals surface area contributed by atoms with Gasteiger partial charge in [-0.25, -0.2) is 4.98 Å². The Morgan fingerprint density at radius 2 is 2.12 bits per heavy atom. The second-order valence-corrected chi connectivity index (χ2v) is 9.84. The Morgan fingerprint density at radius 1 is 1.27 bits per heavy atom. The minimum atomic E-state index is -0.0312. The van der Waals surface area contributed by atoms with Crippen molar-refractivity contribution in [2.75, 3.05) is 0 Å². The van der Waals surface area contributed by atoms with Crippen LogP contribution in [-0.2, 0) is 19.3 Å². The van der Waals surface area contributed by atoms with E-state index in [1.807, 2.05) is 23.5 Å². The Kier molecular flexibility index (Phi) is 3.45. The molecule has 3 aromatic heterocycles. The molecule has 0 N–H and O–H groups in total. The number of Topliss-reactive ketones (excluding diaryl/α,β-unsaturated/α-hetero) is 1. The summed E-state index contributed by atoms with van der Waals surface area (Å²) in [4.78, 5) is 20.7. The van der Waals surface area contributed by atoms with Crippen LogP contribution in [0.5, 0.6) is 0 Å². The van der Waals surface area contributed by atoms with Crippen molar-refractivity contribution < 1.29 is 9.21 Å². The number of thiophene rings is 1. The molecule has 0 aliphatic heterocycles. The maximum Gasteiger partial charge on any atom is 0.166 e. The third-order valence-electron chi connectivity index (χ3n) is 5.85. The van der Waals surface area contributed by atoms with Crippen LogP contribution in [0.3, 0.4) is 0 Å². The predicted octanol–water partition coefficient (Wildman–Crippen LogP) is 5.84. The van der Waals surface area contributed by atoms with E-state index < -0.39 is 0 Å². The summed E-state index contributed by atoms with van der Waals surface area (Å²) in [5, 5.41) is 1.18. The van der Waals surface area contributed by atoms with E-state index in [1.165, 1.54) is 22.2 Å². The van der Waals surface area contributed by atoms with Gasteiger partial charge in [-0.2, -0.15) is 0 Å². The smallest absolute Gasteiger partial charge is 0.166 e. The van der Waals surface area contributed by atoms with Crippen molar-refractivity contribution in [1.29, 1.82) is 0 Å². The highest BCUT2D eigenvalue weighted by Crippen LogP contribution is 2.47. The molecule has 1 atom stereocenters. The van der Waals surface area contributed by atoms with Crippen molar-refractivity contribution in [3.8, 4) is 11.3 Å². The molecule has 0 fully saturated rings. The fraction of sp³-hybridized carbons (Fsp3) is 0.455. The molecule has 0 saturated carbocycles. The van der Waals surface area contributed by atoms with Crippen LogP contribution in [0.25, 0.3) is 21.5 Å². The average molecular weight is 365 g/mol. The SMILES string of the molecule is CC1CCc2c(sc3nc4c(c(-c5ccco5)c23)C(=O)CC(C)(C)C4)C1. The number of rotatable bonds is 1. The number of aryl methyl sites for hydroxylation is 1. The van der Waals surface area contributed by atoms with E-state index in [0.29, 0.717) is 6.42 Å². The van der Waals surface area contributed by atoms with Gasteiger partial charge in [0.25, 0.3) is 0 Å². The fourth-order valence-corrected chi connectivity index (χ4v) is 6.07. The standard InChI is InChI=1S/C22H23NO2S/c1-12-6-7-13-17(9-12)26-21-18(13)20(16-5-4-8-25-16)19-14(23-21)10-22(2,3)11-15(19)24/h4-5,8,12H,6-7,9-11H2,1-3H3. The summed E-state index contributed by atoms with van der Waals surface area (Å²) >= 11 is 1.83. The number of carbonyl (C=O) groups excluding carboxylic acids is 1. The monoisotopic (exact) mass is 365 g/mol. The van der Waals surface area contributed by atoms with E-state index in [1.54, 1.807) is 6.26 Å². The zero-order valence-electron chi connectivity index (χ0n) is 15.5. The first-order chi connectivity index (χ1) is 12.4. The van der Waals surface area contributed by atoms with Gasteiger partial charge in [0, 0.05) is 22.2 Å². The second-order valence-electron chi connectivity index (χ2n) is 8.76. The van der Waals surface area contributed by atoms with E-state index in [-0.39, 0.29) is 11.2 Å². The minimum Gasteiger partial charge on any atom is -0.464 e. The summed E-state index contributed by atoms with van der Waals surface area (Å²) in [5.74, 6) is 1.74. The van der Waals surface area contributed by atoms with Crippen molar-refractivity contribution in [2.45, 2.75) is 52.9 Å². The third kappa shape index (κ3) is 2.38. The molecule has 3 aromatic rings. The lowest BCUT2D eigenvalue weighted by atomic mass is 9.74. The van der Waals surface area contributed by atoms with Crippen LogP contribution in [0.2, 0.25) is 0 Å². The Bertz CT molecular complexity index is 1030. The molecule has 2 aliphatic rings. The lowest BCUT2D eigenvalue weighted by Gasteiger charge is -2.30. The zero-order chi connectivity index (χ0) is 18.1. The number of ketones is 1. The van der Waals surface area contributed by atoms with Crippen LogP contribution in [0.15, 0.2) is 22.8 Å². The number of pyridine rings is 1. The van der Waals surface area contributed by atoms with Crippen molar-refractivity contribution in [3.05, 3.63) is 40.1 Å². The summed E-state index contributed by atoms with van der Waals surface area (Å²) in [6.45, 7) is 6.64. The molecule has 3 heterocycles. The summed E-state index contributed by atoms with van der Waals surface area (Å²) in [7, 11) is 0. The van der Waals surface area contributed by atoms with E-state index in [0.717, 1.165) is 52.6 Å². The Balaban J connectivity index is 1.87. The van der Waals surface area contributed by atoms with Gasteiger partial charge in [-0.05, 0) is 54.7 Å². The largest absolute Gasteiger partial charge is 0.464 e. The molecule has 0 spiro atoms. The predicted molar refractivity (Wildman–Crippen MR) is 105 cm³/mol. The number of furan rings is 1. The molecular weight excluding hydrogens is 342 g/mol. The summed E-state index contributed by atoms with van der Waals surface area (Å²) < 4.78 is 5.80. The molecule has 4 heteroatoms. The minimum absolute atomic E-state index is 0.0312. The number of nitrogens with zero attached hydrogens (tertiary/aromatic N) is 1. The average Bonchev–Trinajstić information content (AvgIpc) is 3.18. The van der Waals surface area contributed by atoms with Crippen molar-refractivity contribution in [1.82, 2.24) is 4.98 Å². The Hall–Kier alpha value is -1.94. The molecule has 0 saturated heterocycles. The van der Waals surface area contributed by atoms with Gasteiger partial charge in [-0.1, -0.05) is 20.8 Å². The molecule has 0 radical (unpaired) electrons. The van der Waals surface area contributed by atoms with Gasteiger partial charge in [-0.15, -0.1) is 11.3 Å². The van der Waals surface area contributed by atoms with Crippen LogP contribution in [0, 0.1) is 11.3 Å². The molecular formula is C22H23NO2S. The van der Waals surface area contributed by atoms with Crippen LogP contribution in [0.4, 0.5) is 0 Å². The van der Waals surface area contributed by atoms with Gasteiger partial charge in [-0.3, -0.25) is 4.79 Å². The molecule has 0 amide bonds. The first kappa shape index (κ1) is 16.2. The van der Waals surface area contributed by atoms with Gasteiger partial charge in [0.1, 0.15) is 10.6 Å². The van der Waals surface area contributed by atoms with Gasteiger partial charge < -0.3 is 4.42 Å². The Morgan fingerprint density at radius 3 is 2.88 bits per heavy atom. The van der Waals surface area contributed by atoms with Crippen LogP contribution >= 0.6 is 11.3 Å². The molecule has 0 aromatic carbocycles. The molecule has 2 aliphatic carbocycles. The molecule has 3 nitrogen and oxygen atoms in total. The first-order valence-corrected chi connectivity index (χ1v) is 10.3. The lowest BCUT2D eigenvalue weighted by molar-refractivity contribution is 0.0911. The van der Waals surface area contributed by atoms with Crippen LogP contribution in [0.1, 0.15) is 60.1 Å². The molecule has 134 valence electrons. The summed E-state index contributed by atoms with van der Waals surface area (Å²) in [6, 6.07) is 3.89. The van der Waals surface area contributed by atoms with Crippen LogP contribution in [-0.4, -0.2) is 10.8 Å². The van der Waals surface area contributed by atoms with Crippen molar-refractivity contribution in [3.63, 3.8) is 0 Å². The quantitative estimate of drug-likeness (QED) is 0.544. The fourth-order valence-electron chi connectivity index (χ4n) is 4.66. The van der Waals surface area contributed by atoms with Crippen molar-refractivity contribution >= 4 is 27.3 Å². The number of hydrogen-bond acceptors (Lipinski definition) is 4. The maximum absolute atomic E-state index is 13.1. The van der Waals surface area contributed by atoms with Gasteiger partial charge in [0.15, 0.2) is 5.78 Å². The van der Waals surface area contributed by atoms with E-state index in [4.69, 9.17) is 9.40 Å². The van der Waals surface area contributed by atoms with Crippen LogP contribution < -0.4 is 0 Å². The Labute approximate surface area is 157 Å². The zero-order valence-corrected chi connectivity index (χ0v) is 16.3. The van der Waals surface area contributed by atoms with Crippen molar-refractivity contribution in [2.24, 2.45) is 11.3 Å². The van der Waals surface area contributed by atoms with Gasteiger partial charge in [0.2, 0.25) is 0 Å². The highest BCUT2D eigenvalue weighted by atomic mass is 32.1. The molecule has 26 heavy (non-hydrogen) atoms. The maximum atomic E-state index is 13.1. The second kappa shape index (κ2) is 5.53. The molecule has 0 bridgehead atoms.